The molecule has 1 atom stereocenters. The van der Waals surface area contributed by atoms with Gasteiger partial charge in [-0.2, -0.15) is 0 Å². The molecule has 0 rings (SSSR count). The summed E-state index contributed by atoms with van der Waals surface area (Å²) in [6, 6.07) is 0. The SMILES string of the molecule is CC/C=C\C/C=C\C/C=C\C/C=C\C/C=C\C/C=C\C/C=C\C/C=C\C/C=C\CCCC(=O)OCC(COC(=O)CCCCCCCCC)OC(=O)CCCCCCCCC/C=C\C/C=C\CCCCC. The van der Waals surface area contributed by atoms with Crippen LogP contribution in [0, 0.1) is 0 Å². The molecule has 0 spiro atoms. The third-order valence-electron chi connectivity index (χ3n) is 11.6. The van der Waals surface area contributed by atoms with E-state index in [1.165, 1.54) is 77.0 Å². The fraction of sp³-hybridized carbons (Fsp3) is 0.615. The van der Waals surface area contributed by atoms with E-state index >= 15 is 0 Å². The van der Waals surface area contributed by atoms with Crippen molar-refractivity contribution in [3.8, 4) is 0 Å². The Hall–Kier alpha value is -4.45. The maximum absolute atomic E-state index is 12.8. The predicted molar refractivity (Wildman–Crippen MR) is 306 cm³/mol. The Morgan fingerprint density at radius 3 is 0.944 bits per heavy atom. The molecule has 0 aromatic heterocycles. The summed E-state index contributed by atoms with van der Waals surface area (Å²) in [6.45, 7) is 6.39. The van der Waals surface area contributed by atoms with Crippen LogP contribution in [0.25, 0.3) is 0 Å². The van der Waals surface area contributed by atoms with Crippen LogP contribution in [-0.2, 0) is 28.6 Å². The van der Waals surface area contributed by atoms with E-state index in [-0.39, 0.29) is 37.5 Å². The lowest BCUT2D eigenvalue weighted by atomic mass is 10.1. The molecule has 0 saturated heterocycles. The molecular weight excluding hydrogens is 877 g/mol. The molecule has 6 heteroatoms. The molecule has 0 aromatic rings. The number of rotatable bonds is 50. The highest BCUT2D eigenvalue weighted by Gasteiger charge is 2.19. The Kier molecular flexibility index (Phi) is 54.5. The smallest absolute Gasteiger partial charge is 0.306 e. The molecule has 71 heavy (non-hydrogen) atoms. The van der Waals surface area contributed by atoms with Crippen molar-refractivity contribution < 1.29 is 28.6 Å². The van der Waals surface area contributed by atoms with Crippen LogP contribution in [0.2, 0.25) is 0 Å². The van der Waals surface area contributed by atoms with Crippen molar-refractivity contribution in [3.05, 3.63) is 134 Å². The van der Waals surface area contributed by atoms with Crippen LogP contribution >= 0.6 is 0 Å². The number of esters is 3. The zero-order valence-corrected chi connectivity index (χ0v) is 45.7. The molecule has 0 bridgehead atoms. The third kappa shape index (κ3) is 56.3. The molecule has 0 amide bonds. The van der Waals surface area contributed by atoms with Gasteiger partial charge in [0.2, 0.25) is 0 Å². The van der Waals surface area contributed by atoms with Crippen LogP contribution in [0.1, 0.15) is 239 Å². The Balaban J connectivity index is 4.33. The molecule has 0 aliphatic heterocycles. The molecule has 6 nitrogen and oxygen atoms in total. The number of carbonyl (C=O) groups excluding carboxylic acids is 3. The highest BCUT2D eigenvalue weighted by molar-refractivity contribution is 5.71. The van der Waals surface area contributed by atoms with Crippen LogP contribution < -0.4 is 0 Å². The van der Waals surface area contributed by atoms with Gasteiger partial charge in [0.1, 0.15) is 13.2 Å². The summed E-state index contributed by atoms with van der Waals surface area (Å²) in [7, 11) is 0. The number of hydrogen-bond acceptors (Lipinski definition) is 6. The minimum absolute atomic E-state index is 0.102. The van der Waals surface area contributed by atoms with E-state index in [0.29, 0.717) is 19.3 Å². The molecule has 0 heterocycles. The molecule has 0 N–H and O–H groups in total. The van der Waals surface area contributed by atoms with Crippen molar-refractivity contribution >= 4 is 17.9 Å². The number of hydrogen-bond donors (Lipinski definition) is 0. The number of allylic oxidation sites excluding steroid dienone is 22. The quantitative estimate of drug-likeness (QED) is 0.0262. The van der Waals surface area contributed by atoms with Gasteiger partial charge in [-0.15, -0.1) is 0 Å². The number of carbonyl (C=O) groups is 3. The Bertz CT molecular complexity index is 1550. The molecule has 1 unspecified atom stereocenters. The standard InChI is InChI=1S/C65H104O6/c1-4-7-10-13-16-18-20-22-24-26-27-28-29-30-31-32-33-34-35-36-37-39-40-42-44-46-49-52-55-58-64(67)70-61-62(60-69-63(66)57-54-51-48-15-12-9-6-3)71-65(68)59-56-53-50-47-45-43-41-38-25-23-21-19-17-14-11-8-5-2/h7,10,16-19,22-25,27-28,30-31,33-34,36-37,40,42,46,49,62H,4-6,8-9,11-15,20-21,26,29,32,35,38-39,41,43-45,47-48,50-61H2,1-3H3/b10-7-,18-16-,19-17-,24-22-,25-23-,28-27-,31-30-,34-33-,37-36-,42-40-,49-46-. The molecular formula is C65H104O6. The first kappa shape index (κ1) is 66.6. The van der Waals surface area contributed by atoms with Crippen molar-refractivity contribution in [2.75, 3.05) is 13.2 Å². The van der Waals surface area contributed by atoms with Crippen molar-refractivity contribution in [1.82, 2.24) is 0 Å². The largest absolute Gasteiger partial charge is 0.462 e. The van der Waals surface area contributed by atoms with Crippen LogP contribution in [0.15, 0.2) is 134 Å². The Morgan fingerprint density at radius 1 is 0.296 bits per heavy atom. The zero-order chi connectivity index (χ0) is 51.4. The lowest BCUT2D eigenvalue weighted by molar-refractivity contribution is -0.167. The Labute approximate surface area is 436 Å². The van der Waals surface area contributed by atoms with Gasteiger partial charge in [-0.05, 0) is 116 Å². The van der Waals surface area contributed by atoms with Gasteiger partial charge in [0.05, 0.1) is 0 Å². The summed E-state index contributed by atoms with van der Waals surface area (Å²) >= 11 is 0. The second-order valence-corrected chi connectivity index (χ2v) is 18.5. The summed E-state index contributed by atoms with van der Waals surface area (Å²) in [6.07, 6.45) is 81.8. The molecule has 0 aliphatic rings. The summed E-state index contributed by atoms with van der Waals surface area (Å²) in [5, 5.41) is 0. The molecule has 0 radical (unpaired) electrons. The summed E-state index contributed by atoms with van der Waals surface area (Å²) in [5.41, 5.74) is 0. The van der Waals surface area contributed by atoms with E-state index in [1.54, 1.807) is 0 Å². The summed E-state index contributed by atoms with van der Waals surface area (Å²) < 4.78 is 16.7. The molecule has 0 aromatic carbocycles. The van der Waals surface area contributed by atoms with Gasteiger partial charge in [-0.3, -0.25) is 14.4 Å². The van der Waals surface area contributed by atoms with Crippen LogP contribution in [0.4, 0.5) is 0 Å². The van der Waals surface area contributed by atoms with E-state index < -0.39 is 6.10 Å². The highest BCUT2D eigenvalue weighted by Crippen LogP contribution is 2.13. The van der Waals surface area contributed by atoms with Crippen molar-refractivity contribution in [2.45, 2.75) is 245 Å². The van der Waals surface area contributed by atoms with E-state index in [4.69, 9.17) is 14.2 Å². The molecule has 400 valence electrons. The average Bonchev–Trinajstić information content (AvgIpc) is 3.37. The monoisotopic (exact) mass is 981 g/mol. The maximum atomic E-state index is 12.8. The first-order chi connectivity index (χ1) is 35.0. The van der Waals surface area contributed by atoms with Crippen molar-refractivity contribution in [2.24, 2.45) is 0 Å². The van der Waals surface area contributed by atoms with Gasteiger partial charge < -0.3 is 14.2 Å². The average molecular weight is 982 g/mol. The fourth-order valence-electron chi connectivity index (χ4n) is 7.35. The predicted octanol–water partition coefficient (Wildman–Crippen LogP) is 19.4. The minimum atomic E-state index is -0.807. The van der Waals surface area contributed by atoms with Gasteiger partial charge >= 0.3 is 17.9 Å². The molecule has 0 aliphatic carbocycles. The Morgan fingerprint density at radius 2 is 0.563 bits per heavy atom. The van der Waals surface area contributed by atoms with E-state index in [1.807, 2.05) is 0 Å². The summed E-state index contributed by atoms with van der Waals surface area (Å²) in [5.74, 6) is -0.985. The first-order valence-corrected chi connectivity index (χ1v) is 28.7. The first-order valence-electron chi connectivity index (χ1n) is 28.7. The fourth-order valence-corrected chi connectivity index (χ4v) is 7.35. The molecule has 0 fully saturated rings. The lowest BCUT2D eigenvalue weighted by Gasteiger charge is -2.18. The molecule has 0 saturated carbocycles. The van der Waals surface area contributed by atoms with Gasteiger partial charge in [-0.1, -0.05) is 238 Å². The highest BCUT2D eigenvalue weighted by atomic mass is 16.6. The maximum Gasteiger partial charge on any atom is 0.306 e. The van der Waals surface area contributed by atoms with Gasteiger partial charge in [0, 0.05) is 19.3 Å². The van der Waals surface area contributed by atoms with E-state index in [2.05, 4.69) is 154 Å². The number of ether oxygens (including phenoxy) is 3. The third-order valence-corrected chi connectivity index (χ3v) is 11.6. The van der Waals surface area contributed by atoms with Crippen molar-refractivity contribution in [1.29, 1.82) is 0 Å². The summed E-state index contributed by atoms with van der Waals surface area (Å²) in [4.78, 5) is 37.9. The van der Waals surface area contributed by atoms with Crippen LogP contribution in [0.5, 0.6) is 0 Å². The van der Waals surface area contributed by atoms with Crippen molar-refractivity contribution in [3.63, 3.8) is 0 Å². The normalized spacial score (nSPS) is 13.1. The van der Waals surface area contributed by atoms with E-state index in [9.17, 15) is 14.4 Å². The van der Waals surface area contributed by atoms with Gasteiger partial charge in [0.15, 0.2) is 6.10 Å². The van der Waals surface area contributed by atoms with Gasteiger partial charge in [0.25, 0.3) is 0 Å². The van der Waals surface area contributed by atoms with Gasteiger partial charge in [-0.25, -0.2) is 0 Å². The topological polar surface area (TPSA) is 78.9 Å². The van der Waals surface area contributed by atoms with Crippen LogP contribution in [0.3, 0.4) is 0 Å². The second kappa shape index (κ2) is 58.1. The number of unbranched alkanes of at least 4 members (excludes halogenated alkanes) is 17. The lowest BCUT2D eigenvalue weighted by Crippen LogP contribution is -2.30. The van der Waals surface area contributed by atoms with E-state index in [0.717, 1.165) is 116 Å². The second-order valence-electron chi connectivity index (χ2n) is 18.5. The minimum Gasteiger partial charge on any atom is -0.462 e. The van der Waals surface area contributed by atoms with Crippen LogP contribution in [-0.4, -0.2) is 37.2 Å². The zero-order valence-electron chi connectivity index (χ0n) is 45.7.